The summed E-state index contributed by atoms with van der Waals surface area (Å²) >= 11 is 0.934. The Bertz CT molecular complexity index is 2360. The van der Waals surface area contributed by atoms with Gasteiger partial charge in [-0.3, -0.25) is 23.9 Å². The van der Waals surface area contributed by atoms with Crippen LogP contribution in [0.4, 0.5) is 9.93 Å². The molecule has 23 heteroatoms. The summed E-state index contributed by atoms with van der Waals surface area (Å²) in [5.74, 6) is -4.46. The third-order valence-corrected chi connectivity index (χ3v) is 9.26. The first kappa shape index (κ1) is 36.9. The molecule has 0 saturated carbocycles. The number of aromatic hydroxyl groups is 1. The predicted octanol–water partition coefficient (Wildman–Crippen LogP) is -0.891. The van der Waals surface area contributed by atoms with Crippen LogP contribution in [0.5, 0.6) is 5.75 Å². The number of carbonyl (C=O) groups is 4. The largest absolute Gasteiger partial charge is 0.503 e. The zero-order chi connectivity index (χ0) is 38.1. The Labute approximate surface area is 296 Å². The molecule has 1 atom stereocenters. The van der Waals surface area contributed by atoms with Crippen molar-refractivity contribution >= 4 is 56.2 Å². The maximum atomic E-state index is 13.5. The fourth-order valence-corrected chi connectivity index (χ4v) is 6.04. The van der Waals surface area contributed by atoms with E-state index >= 15 is 0 Å². The number of H-pyrrole nitrogens is 1. The van der Waals surface area contributed by atoms with Crippen molar-refractivity contribution in [3.05, 3.63) is 79.4 Å². The van der Waals surface area contributed by atoms with Crippen molar-refractivity contribution < 1.29 is 42.6 Å². The lowest BCUT2D eigenvalue weighted by atomic mass is 10.1. The van der Waals surface area contributed by atoms with Gasteiger partial charge in [0.05, 0.1) is 12.2 Å². The minimum Gasteiger partial charge on any atom is -0.503 e. The lowest BCUT2D eigenvalue weighted by Gasteiger charge is -2.36. The molecule has 1 aromatic carbocycles. The zero-order valence-corrected chi connectivity index (χ0v) is 29.0. The van der Waals surface area contributed by atoms with Gasteiger partial charge in [0.25, 0.3) is 11.8 Å². The van der Waals surface area contributed by atoms with E-state index < -0.39 is 74.8 Å². The van der Waals surface area contributed by atoms with Crippen LogP contribution in [0.15, 0.2) is 56.7 Å². The number of nitrogens with one attached hydrogen (secondary N) is 3. The predicted molar refractivity (Wildman–Crippen MR) is 181 cm³/mol. The number of hydrogen-bond donors (Lipinski definition) is 6. The second-order valence-electron chi connectivity index (χ2n) is 11.7. The number of nitrogens with zero attached hydrogens (tertiary/aromatic N) is 6. The minimum absolute atomic E-state index is 0.0217. The molecule has 0 aliphatic carbocycles. The number of carboxylic acid groups (broad SMARTS) is 1. The quantitative estimate of drug-likeness (QED) is 0.0580. The molecule has 1 aliphatic heterocycles. The summed E-state index contributed by atoms with van der Waals surface area (Å²) in [6.07, 6.45) is 1.16. The number of aliphatic carboxylic acids is 1. The summed E-state index contributed by atoms with van der Waals surface area (Å²) in [5, 5.41) is 30.1. The molecule has 1 saturated heterocycles. The van der Waals surface area contributed by atoms with Gasteiger partial charge in [0.1, 0.15) is 11.7 Å². The number of carbonyl (C=O) groups excluding carboxylic acids is 3. The molecule has 4 aromatic rings. The number of likely N-dealkylation sites (tertiary alicyclic amines) is 1. The Morgan fingerprint density at radius 2 is 1.94 bits per heavy atom. The van der Waals surface area contributed by atoms with Crippen LogP contribution < -0.4 is 26.9 Å². The van der Waals surface area contributed by atoms with Crippen LogP contribution in [0.1, 0.15) is 30.7 Å². The number of pyridine rings is 1. The van der Waals surface area contributed by atoms with Crippen molar-refractivity contribution in [2.75, 3.05) is 12.3 Å². The first-order chi connectivity index (χ1) is 24.4. The van der Waals surface area contributed by atoms with Gasteiger partial charge in [-0.25, -0.2) is 24.1 Å². The number of benzene rings is 1. The van der Waals surface area contributed by atoms with Gasteiger partial charge in [-0.1, -0.05) is 39.1 Å². The molecule has 7 N–H and O–H groups in total. The van der Waals surface area contributed by atoms with Crippen molar-refractivity contribution in [3.63, 3.8) is 0 Å². The van der Waals surface area contributed by atoms with Crippen LogP contribution >= 0.6 is 11.3 Å². The second kappa shape index (κ2) is 14.1. The van der Waals surface area contributed by atoms with E-state index in [9.17, 15) is 47.4 Å². The first-order valence-electron chi connectivity index (χ1n) is 15.0. The molecule has 0 bridgehead atoms. The van der Waals surface area contributed by atoms with E-state index in [-0.39, 0.29) is 39.4 Å². The average molecular weight is 759 g/mol. The van der Waals surface area contributed by atoms with Crippen molar-refractivity contribution in [1.82, 2.24) is 38.7 Å². The number of thiazole rings is 1. The number of β-lactam (4-membered cyclic amide) rings is 1. The lowest BCUT2D eigenvalue weighted by Crippen LogP contribution is -2.68. The zero-order valence-electron chi connectivity index (χ0n) is 27.4. The Balaban J connectivity index is 1.33. The van der Waals surface area contributed by atoms with Crippen LogP contribution in [0.3, 0.4) is 0 Å². The molecule has 274 valence electrons. The molecule has 4 heterocycles. The molecule has 3 aromatic heterocycles. The standard InChI is InChI=1S/C29H30N10O11S2/c1-14-5-4-6-15(9-14)7-8-37-22(16-10-19(40)20(41)11-31-16)34-39(28(37)47)52(48,49)36-27(46)38-12-17(24(38)43)32-23(42)21(18-13-51-26(30)33-18)35-50-29(2,3)25(44)45/h4-6,9-11,13,17,41H,7-8,12H2,1-3H3,(H2,30,33)(H,31,40)(H,32,42)(H,36,46)(H,44,45)/t17-/m0/s1. The SMILES string of the molecule is Cc1cccc(CCn2c(-c3cc(=O)c(O)c[nH]3)nn(S(=O)(=O)NC(=O)N3C[C@H](NC(=O)C(=NOC(C)(C)C(=O)O)c4csc(N)n4)C3=O)c2=O)c1. The number of anilines is 1. The van der Waals surface area contributed by atoms with Crippen LogP contribution in [0, 0.1) is 6.92 Å². The summed E-state index contributed by atoms with van der Waals surface area (Å²) in [6, 6.07) is 5.35. The number of nitrogens with two attached hydrogens (primary N) is 1. The molecule has 4 amide bonds. The number of aromatic nitrogens is 5. The summed E-state index contributed by atoms with van der Waals surface area (Å²) in [4.78, 5) is 87.9. The van der Waals surface area contributed by atoms with Gasteiger partial charge in [-0.15, -0.1) is 16.4 Å². The smallest absolute Gasteiger partial charge is 0.362 e. The molecule has 0 unspecified atom stereocenters. The van der Waals surface area contributed by atoms with Crippen molar-refractivity contribution in [1.29, 1.82) is 0 Å². The van der Waals surface area contributed by atoms with E-state index in [4.69, 9.17) is 10.6 Å². The Kier molecular flexibility index (Phi) is 10.0. The highest BCUT2D eigenvalue weighted by molar-refractivity contribution is 7.88. The van der Waals surface area contributed by atoms with E-state index in [2.05, 4.69) is 25.5 Å². The van der Waals surface area contributed by atoms with Crippen LogP contribution in [0.2, 0.25) is 0 Å². The van der Waals surface area contributed by atoms with Crippen molar-refractivity contribution in [2.45, 2.75) is 45.4 Å². The normalized spacial score (nSPS) is 14.8. The molecule has 52 heavy (non-hydrogen) atoms. The van der Waals surface area contributed by atoms with Crippen LogP contribution in [-0.2, 0) is 42.4 Å². The lowest BCUT2D eigenvalue weighted by molar-refractivity contribution is -0.161. The summed E-state index contributed by atoms with van der Waals surface area (Å²) in [7, 11) is -5.12. The number of aromatic amines is 1. The van der Waals surface area contributed by atoms with Crippen LogP contribution in [0.25, 0.3) is 11.5 Å². The number of aryl methyl sites for hydroxylation is 2. The van der Waals surface area contributed by atoms with Gasteiger partial charge in [-0.05, 0) is 32.8 Å². The van der Waals surface area contributed by atoms with Gasteiger partial charge in [0.15, 0.2) is 22.4 Å². The van der Waals surface area contributed by atoms with Crippen LogP contribution in [-0.4, -0.2) is 95.0 Å². The van der Waals surface area contributed by atoms with E-state index in [1.807, 2.05) is 19.1 Å². The molecular weight excluding hydrogens is 729 g/mol. The second-order valence-corrected chi connectivity index (χ2v) is 14.1. The van der Waals surface area contributed by atoms with Crippen molar-refractivity contribution in [3.8, 4) is 17.3 Å². The molecule has 1 fully saturated rings. The fraction of sp³-hybridized carbons (Fsp3) is 0.276. The summed E-state index contributed by atoms with van der Waals surface area (Å²) in [6.45, 7) is 3.55. The van der Waals surface area contributed by atoms with Gasteiger partial charge in [-0.2, -0.15) is 8.42 Å². The van der Waals surface area contributed by atoms with E-state index in [0.29, 0.717) is 4.90 Å². The highest BCUT2D eigenvalue weighted by Crippen LogP contribution is 2.18. The highest BCUT2D eigenvalue weighted by Gasteiger charge is 2.44. The molecule has 5 rings (SSSR count). The molecular formula is C29H30N10O11S2. The van der Waals surface area contributed by atoms with E-state index in [1.54, 1.807) is 16.9 Å². The number of oxime groups is 1. The fourth-order valence-electron chi connectivity index (χ4n) is 4.59. The Hall–Kier alpha value is -6.36. The molecule has 0 radical (unpaired) electrons. The molecule has 21 nitrogen and oxygen atoms in total. The summed E-state index contributed by atoms with van der Waals surface area (Å²) < 4.78 is 29.1. The number of imide groups is 1. The van der Waals surface area contributed by atoms with Gasteiger partial charge < -0.3 is 31.1 Å². The van der Waals surface area contributed by atoms with Gasteiger partial charge >= 0.3 is 27.9 Å². The number of amides is 4. The van der Waals surface area contributed by atoms with E-state index in [0.717, 1.165) is 39.3 Å². The van der Waals surface area contributed by atoms with E-state index in [1.165, 1.54) is 19.2 Å². The number of urea groups is 1. The Morgan fingerprint density at radius 1 is 1.21 bits per heavy atom. The highest BCUT2D eigenvalue weighted by atomic mass is 32.2. The van der Waals surface area contributed by atoms with Gasteiger partial charge in [0.2, 0.25) is 11.0 Å². The van der Waals surface area contributed by atoms with Gasteiger partial charge in [0, 0.05) is 24.2 Å². The minimum atomic E-state index is -5.12. The number of rotatable bonds is 12. The Morgan fingerprint density at radius 3 is 2.56 bits per heavy atom. The van der Waals surface area contributed by atoms with Crippen molar-refractivity contribution in [2.24, 2.45) is 5.16 Å². The molecule has 1 aliphatic rings. The summed E-state index contributed by atoms with van der Waals surface area (Å²) in [5.41, 5.74) is 2.67. The first-order valence-corrected chi connectivity index (χ1v) is 17.3. The molecule has 0 spiro atoms. The third-order valence-electron chi connectivity index (χ3n) is 7.46. The number of hydrogen-bond acceptors (Lipinski definition) is 15. The number of carboxylic acids is 1. The topological polar surface area (TPSA) is 303 Å². The maximum absolute atomic E-state index is 13.5. The number of nitrogen functional groups attached to an aromatic ring is 1. The third kappa shape index (κ3) is 7.68. The maximum Gasteiger partial charge on any atom is 0.362 e. The average Bonchev–Trinajstić information content (AvgIpc) is 3.65. The monoisotopic (exact) mass is 758 g/mol.